The first-order chi connectivity index (χ1) is 8.27. The van der Waals surface area contributed by atoms with Crippen LogP contribution < -0.4 is 4.74 Å². The van der Waals surface area contributed by atoms with Crippen LogP contribution in [0.5, 0.6) is 5.75 Å². The van der Waals surface area contributed by atoms with E-state index in [0.717, 1.165) is 0 Å². The zero-order valence-electron chi connectivity index (χ0n) is 9.72. The minimum absolute atomic E-state index is 0.00216. The Bertz CT molecular complexity index is 351. The van der Waals surface area contributed by atoms with Crippen LogP contribution in [-0.4, -0.2) is 44.6 Å². The highest BCUT2D eigenvalue weighted by atomic mass is 16.5. The third kappa shape index (κ3) is 4.84. The molecule has 1 rings (SSSR count). The van der Waals surface area contributed by atoms with Crippen molar-refractivity contribution in [2.75, 3.05) is 33.5 Å². The molecule has 0 heterocycles. The minimum atomic E-state index is -0.396. The van der Waals surface area contributed by atoms with Gasteiger partial charge in [0.05, 0.1) is 32.5 Å². The molecule has 1 aromatic rings. The molecule has 0 spiro atoms. The quantitative estimate of drug-likeness (QED) is 0.565. The largest absolute Gasteiger partial charge is 0.491 e. The summed E-state index contributed by atoms with van der Waals surface area (Å²) in [7, 11) is 1.33. The van der Waals surface area contributed by atoms with E-state index in [4.69, 9.17) is 14.6 Å². The van der Waals surface area contributed by atoms with Gasteiger partial charge in [-0.1, -0.05) is 6.07 Å². The Balaban J connectivity index is 2.40. The molecule has 5 heteroatoms. The number of esters is 1. The van der Waals surface area contributed by atoms with E-state index in [1.54, 1.807) is 24.3 Å². The average Bonchev–Trinajstić information content (AvgIpc) is 2.38. The summed E-state index contributed by atoms with van der Waals surface area (Å²) >= 11 is 0. The number of benzene rings is 1. The topological polar surface area (TPSA) is 65.0 Å². The number of aliphatic hydroxyl groups excluding tert-OH is 1. The van der Waals surface area contributed by atoms with Crippen LogP contribution in [0, 0.1) is 0 Å². The van der Waals surface area contributed by atoms with E-state index in [1.807, 2.05) is 0 Å². The summed E-state index contributed by atoms with van der Waals surface area (Å²) in [6, 6.07) is 6.73. The summed E-state index contributed by atoms with van der Waals surface area (Å²) in [5, 5.41) is 8.49. The van der Waals surface area contributed by atoms with E-state index in [1.165, 1.54) is 7.11 Å². The van der Waals surface area contributed by atoms with Gasteiger partial charge in [-0.2, -0.15) is 0 Å². The molecule has 1 aromatic carbocycles. The van der Waals surface area contributed by atoms with Crippen LogP contribution >= 0.6 is 0 Å². The Kier molecular flexibility index (Phi) is 6.06. The Morgan fingerprint density at radius 3 is 2.82 bits per heavy atom. The molecule has 0 fully saturated rings. The molecule has 0 radical (unpaired) electrons. The third-order valence-electron chi connectivity index (χ3n) is 1.99. The third-order valence-corrected chi connectivity index (χ3v) is 1.99. The van der Waals surface area contributed by atoms with Crippen LogP contribution in [0.2, 0.25) is 0 Å². The van der Waals surface area contributed by atoms with Crippen LogP contribution in [0.4, 0.5) is 0 Å². The predicted octanol–water partition coefficient (Wildman–Crippen LogP) is 0.861. The van der Waals surface area contributed by atoms with E-state index in [-0.39, 0.29) is 6.61 Å². The van der Waals surface area contributed by atoms with Crippen LogP contribution in [-0.2, 0) is 9.47 Å². The maximum atomic E-state index is 11.3. The number of methoxy groups -OCH3 is 1. The first-order valence-corrected chi connectivity index (χ1v) is 5.27. The second kappa shape index (κ2) is 7.65. The molecule has 0 saturated carbocycles. The number of carbonyl (C=O) groups excluding carboxylic acids is 1. The summed E-state index contributed by atoms with van der Waals surface area (Å²) < 4.78 is 15.0. The smallest absolute Gasteiger partial charge is 0.337 e. The molecular weight excluding hydrogens is 224 g/mol. The van der Waals surface area contributed by atoms with Gasteiger partial charge >= 0.3 is 5.97 Å². The predicted molar refractivity (Wildman–Crippen MR) is 61.2 cm³/mol. The van der Waals surface area contributed by atoms with Gasteiger partial charge in [-0.05, 0) is 18.2 Å². The van der Waals surface area contributed by atoms with Crippen molar-refractivity contribution in [3.8, 4) is 5.75 Å². The minimum Gasteiger partial charge on any atom is -0.491 e. The van der Waals surface area contributed by atoms with Gasteiger partial charge in [-0.15, -0.1) is 0 Å². The van der Waals surface area contributed by atoms with Crippen molar-refractivity contribution in [2.24, 2.45) is 0 Å². The molecular formula is C12H16O5. The van der Waals surface area contributed by atoms with Crippen molar-refractivity contribution in [2.45, 2.75) is 0 Å². The van der Waals surface area contributed by atoms with E-state index in [9.17, 15) is 4.79 Å². The van der Waals surface area contributed by atoms with Gasteiger partial charge in [0.1, 0.15) is 12.4 Å². The maximum absolute atomic E-state index is 11.3. The SMILES string of the molecule is COC(=O)c1cccc(OCCOCCO)c1. The highest BCUT2D eigenvalue weighted by Crippen LogP contribution is 2.13. The molecule has 0 amide bonds. The zero-order chi connectivity index (χ0) is 12.5. The van der Waals surface area contributed by atoms with Gasteiger partial charge in [0, 0.05) is 0 Å². The lowest BCUT2D eigenvalue weighted by Gasteiger charge is -2.07. The molecule has 0 aliphatic heterocycles. The monoisotopic (exact) mass is 240 g/mol. The Morgan fingerprint density at radius 1 is 1.29 bits per heavy atom. The number of hydrogen-bond donors (Lipinski definition) is 1. The maximum Gasteiger partial charge on any atom is 0.337 e. The second-order valence-corrected chi connectivity index (χ2v) is 3.20. The molecule has 5 nitrogen and oxygen atoms in total. The molecule has 0 atom stereocenters. The van der Waals surface area contributed by atoms with Crippen molar-refractivity contribution < 1.29 is 24.1 Å². The molecule has 0 saturated heterocycles. The van der Waals surface area contributed by atoms with Gasteiger partial charge in [0.15, 0.2) is 0 Å². The average molecular weight is 240 g/mol. The molecule has 1 N–H and O–H groups in total. The Labute approximate surface area is 99.9 Å². The molecule has 0 unspecified atom stereocenters. The van der Waals surface area contributed by atoms with E-state index >= 15 is 0 Å². The molecule has 0 aromatic heterocycles. The fourth-order valence-electron chi connectivity index (χ4n) is 1.22. The highest BCUT2D eigenvalue weighted by molar-refractivity contribution is 5.89. The van der Waals surface area contributed by atoms with Gasteiger partial charge in [-0.3, -0.25) is 0 Å². The molecule has 0 bridgehead atoms. The van der Waals surface area contributed by atoms with E-state index in [2.05, 4.69) is 4.74 Å². The lowest BCUT2D eigenvalue weighted by molar-refractivity contribution is 0.0598. The Hall–Kier alpha value is -1.59. The highest BCUT2D eigenvalue weighted by Gasteiger charge is 2.05. The van der Waals surface area contributed by atoms with Gasteiger partial charge in [0.2, 0.25) is 0 Å². The van der Waals surface area contributed by atoms with Gasteiger partial charge < -0.3 is 19.3 Å². The first kappa shape index (κ1) is 13.5. The summed E-state index contributed by atoms with van der Waals surface area (Å²) in [4.78, 5) is 11.3. The number of ether oxygens (including phenoxy) is 3. The summed E-state index contributed by atoms with van der Waals surface area (Å²) in [5.41, 5.74) is 0.446. The first-order valence-electron chi connectivity index (χ1n) is 5.27. The van der Waals surface area contributed by atoms with Crippen molar-refractivity contribution in [3.05, 3.63) is 29.8 Å². The van der Waals surface area contributed by atoms with Crippen molar-refractivity contribution in [3.63, 3.8) is 0 Å². The van der Waals surface area contributed by atoms with Crippen molar-refractivity contribution in [1.82, 2.24) is 0 Å². The molecule has 94 valence electrons. The molecule has 0 aliphatic carbocycles. The molecule has 0 aliphatic rings. The van der Waals surface area contributed by atoms with Crippen molar-refractivity contribution in [1.29, 1.82) is 0 Å². The fraction of sp³-hybridized carbons (Fsp3) is 0.417. The standard InChI is InChI=1S/C12H16O5/c1-15-12(14)10-3-2-4-11(9-10)17-8-7-16-6-5-13/h2-4,9,13H,5-8H2,1H3. The molecule has 17 heavy (non-hydrogen) atoms. The normalized spacial score (nSPS) is 10.0. The zero-order valence-corrected chi connectivity index (χ0v) is 9.72. The number of aliphatic hydroxyl groups is 1. The van der Waals surface area contributed by atoms with Crippen LogP contribution in [0.1, 0.15) is 10.4 Å². The second-order valence-electron chi connectivity index (χ2n) is 3.20. The fourth-order valence-corrected chi connectivity index (χ4v) is 1.22. The summed E-state index contributed by atoms with van der Waals surface area (Å²) in [5.74, 6) is 0.187. The van der Waals surface area contributed by atoms with Gasteiger partial charge in [-0.25, -0.2) is 4.79 Å². The lowest BCUT2D eigenvalue weighted by atomic mass is 10.2. The van der Waals surface area contributed by atoms with Gasteiger partial charge in [0.25, 0.3) is 0 Å². The van der Waals surface area contributed by atoms with E-state index < -0.39 is 5.97 Å². The van der Waals surface area contributed by atoms with E-state index in [0.29, 0.717) is 31.1 Å². The summed E-state index contributed by atoms with van der Waals surface area (Å²) in [6.45, 7) is 1.05. The van der Waals surface area contributed by atoms with Crippen LogP contribution in [0.3, 0.4) is 0 Å². The number of hydrogen-bond acceptors (Lipinski definition) is 5. The Morgan fingerprint density at radius 2 is 2.12 bits per heavy atom. The number of carbonyl (C=O) groups is 1. The van der Waals surface area contributed by atoms with Crippen molar-refractivity contribution >= 4 is 5.97 Å². The summed E-state index contributed by atoms with van der Waals surface area (Å²) in [6.07, 6.45) is 0. The number of rotatable bonds is 7. The lowest BCUT2D eigenvalue weighted by Crippen LogP contribution is -2.09. The van der Waals surface area contributed by atoms with Crippen LogP contribution in [0.15, 0.2) is 24.3 Å². The van der Waals surface area contributed by atoms with Crippen LogP contribution in [0.25, 0.3) is 0 Å².